The smallest absolute Gasteiger partial charge is 0.355 e. The van der Waals surface area contributed by atoms with E-state index < -0.39 is 18.0 Å². The third-order valence-electron chi connectivity index (χ3n) is 5.13. The number of ketones is 1. The van der Waals surface area contributed by atoms with Crippen molar-refractivity contribution < 1.29 is 19.1 Å². The number of benzene rings is 3. The van der Waals surface area contributed by atoms with E-state index in [1.807, 2.05) is 42.5 Å². The zero-order valence-electron chi connectivity index (χ0n) is 17.5. The minimum atomic E-state index is -0.809. The second kappa shape index (κ2) is 9.31. The molecule has 1 aliphatic rings. The van der Waals surface area contributed by atoms with Crippen LogP contribution in [0, 0.1) is 0 Å². The first-order valence-corrected chi connectivity index (χ1v) is 10.3. The predicted octanol–water partition coefficient (Wildman–Crippen LogP) is 4.66. The molecule has 6 nitrogen and oxygen atoms in total. The van der Waals surface area contributed by atoms with Crippen LogP contribution in [0.3, 0.4) is 0 Å². The van der Waals surface area contributed by atoms with E-state index in [2.05, 4.69) is 5.32 Å². The van der Waals surface area contributed by atoms with Gasteiger partial charge in [-0.05, 0) is 24.6 Å². The molecule has 0 saturated heterocycles. The zero-order chi connectivity index (χ0) is 22.5. The zero-order valence-corrected chi connectivity index (χ0v) is 17.5. The van der Waals surface area contributed by atoms with Crippen LogP contribution in [0.15, 0.2) is 102 Å². The molecule has 3 aromatic rings. The van der Waals surface area contributed by atoms with Gasteiger partial charge in [-0.15, -0.1) is 0 Å². The minimum absolute atomic E-state index is 0.0792. The number of anilines is 1. The summed E-state index contributed by atoms with van der Waals surface area (Å²) in [6.07, 6.45) is 0. The number of esters is 1. The number of urea groups is 1. The molecule has 32 heavy (non-hydrogen) atoms. The van der Waals surface area contributed by atoms with Crippen LogP contribution in [0.1, 0.15) is 28.9 Å². The van der Waals surface area contributed by atoms with Gasteiger partial charge in [0.25, 0.3) is 0 Å². The monoisotopic (exact) mass is 426 g/mol. The van der Waals surface area contributed by atoms with Gasteiger partial charge in [-0.1, -0.05) is 78.9 Å². The van der Waals surface area contributed by atoms with Gasteiger partial charge < -0.3 is 10.1 Å². The van der Waals surface area contributed by atoms with Crippen LogP contribution < -0.4 is 10.2 Å². The summed E-state index contributed by atoms with van der Waals surface area (Å²) in [6, 6.07) is 25.2. The van der Waals surface area contributed by atoms with Gasteiger partial charge in [0.2, 0.25) is 0 Å². The number of ether oxygens (including phenoxy) is 1. The van der Waals surface area contributed by atoms with Gasteiger partial charge in [-0.25, -0.2) is 9.59 Å². The Balaban J connectivity index is 1.99. The molecule has 0 saturated carbocycles. The second-order valence-corrected chi connectivity index (χ2v) is 7.14. The molecule has 3 aromatic carbocycles. The van der Waals surface area contributed by atoms with Crippen LogP contribution >= 0.6 is 0 Å². The number of hydrogen-bond donors (Lipinski definition) is 1. The molecule has 1 aliphatic heterocycles. The molecule has 4 rings (SSSR count). The first-order valence-electron chi connectivity index (χ1n) is 10.3. The largest absolute Gasteiger partial charge is 0.461 e. The van der Waals surface area contributed by atoms with Gasteiger partial charge in [-0.3, -0.25) is 9.69 Å². The van der Waals surface area contributed by atoms with E-state index in [0.717, 1.165) is 0 Å². The molecule has 0 bridgehead atoms. The Kier molecular flexibility index (Phi) is 6.12. The van der Waals surface area contributed by atoms with Crippen molar-refractivity contribution in [1.29, 1.82) is 0 Å². The third-order valence-corrected chi connectivity index (χ3v) is 5.13. The van der Waals surface area contributed by atoms with Gasteiger partial charge in [0.1, 0.15) is 5.70 Å². The molecule has 0 spiro atoms. The van der Waals surface area contributed by atoms with Crippen molar-refractivity contribution in [3.05, 3.63) is 113 Å². The highest BCUT2D eigenvalue weighted by atomic mass is 16.5. The molecule has 0 radical (unpaired) electrons. The molecule has 0 fully saturated rings. The SMILES string of the molecule is CCOC(=O)C1=C(C(=O)c2ccccc2)C(c2ccccc2)NC(=O)N1c1ccccc1. The fourth-order valence-electron chi connectivity index (χ4n) is 3.72. The van der Waals surface area contributed by atoms with Crippen molar-refractivity contribution >= 4 is 23.5 Å². The number of amides is 2. The normalized spacial score (nSPS) is 15.8. The summed E-state index contributed by atoms with van der Waals surface area (Å²) in [4.78, 5) is 41.4. The third kappa shape index (κ3) is 4.03. The summed E-state index contributed by atoms with van der Waals surface area (Å²) in [6.45, 7) is 1.79. The van der Waals surface area contributed by atoms with E-state index in [-0.39, 0.29) is 23.7 Å². The fraction of sp³-hybridized carbons (Fsp3) is 0.115. The molecule has 1 N–H and O–H groups in total. The number of hydrogen-bond acceptors (Lipinski definition) is 4. The van der Waals surface area contributed by atoms with Crippen LogP contribution in [-0.4, -0.2) is 24.4 Å². The van der Waals surface area contributed by atoms with E-state index in [9.17, 15) is 14.4 Å². The summed E-state index contributed by atoms with van der Waals surface area (Å²) < 4.78 is 5.31. The van der Waals surface area contributed by atoms with Crippen LogP contribution in [0.4, 0.5) is 10.5 Å². The maximum atomic E-state index is 13.7. The number of Topliss-reactive ketones (excluding diaryl/α,β-unsaturated/α-hetero) is 1. The Morgan fingerprint density at radius 2 is 1.44 bits per heavy atom. The first kappa shape index (κ1) is 21.1. The number of carbonyl (C=O) groups excluding carboxylic acids is 3. The van der Waals surface area contributed by atoms with E-state index in [4.69, 9.17) is 4.74 Å². The lowest BCUT2D eigenvalue weighted by Crippen LogP contribution is -2.50. The lowest BCUT2D eigenvalue weighted by Gasteiger charge is -2.35. The fourth-order valence-corrected chi connectivity index (χ4v) is 3.72. The standard InChI is InChI=1S/C26H22N2O4/c1-2-32-25(30)23-21(24(29)19-14-8-4-9-15-19)22(18-12-6-3-7-13-18)27-26(31)28(23)20-16-10-5-11-17-20/h3-17,22H,2H2,1H3,(H,27,31). The number of para-hydroxylation sites is 1. The molecule has 1 heterocycles. The highest BCUT2D eigenvalue weighted by Gasteiger charge is 2.42. The van der Waals surface area contributed by atoms with Crippen molar-refractivity contribution in [1.82, 2.24) is 5.32 Å². The Hall–Kier alpha value is -4.19. The molecule has 0 aromatic heterocycles. The van der Waals surface area contributed by atoms with Crippen molar-refractivity contribution in [2.24, 2.45) is 0 Å². The number of rotatable bonds is 6. The maximum absolute atomic E-state index is 13.7. The van der Waals surface area contributed by atoms with Crippen LogP contribution in [-0.2, 0) is 9.53 Å². The van der Waals surface area contributed by atoms with E-state index >= 15 is 0 Å². The first-order chi connectivity index (χ1) is 15.6. The summed E-state index contributed by atoms with van der Waals surface area (Å²) in [5, 5.41) is 2.91. The summed E-state index contributed by atoms with van der Waals surface area (Å²) in [5.74, 6) is -1.09. The van der Waals surface area contributed by atoms with Crippen molar-refractivity contribution in [3.63, 3.8) is 0 Å². The second-order valence-electron chi connectivity index (χ2n) is 7.14. The van der Waals surface area contributed by atoms with E-state index in [1.54, 1.807) is 55.5 Å². The molecule has 160 valence electrons. The van der Waals surface area contributed by atoms with Gasteiger partial charge in [0.15, 0.2) is 5.78 Å². The predicted molar refractivity (Wildman–Crippen MR) is 121 cm³/mol. The van der Waals surface area contributed by atoms with Gasteiger partial charge in [0, 0.05) is 5.56 Å². The average molecular weight is 426 g/mol. The quantitative estimate of drug-likeness (QED) is 0.460. The lowest BCUT2D eigenvalue weighted by atomic mass is 9.88. The lowest BCUT2D eigenvalue weighted by molar-refractivity contribution is -0.138. The average Bonchev–Trinajstić information content (AvgIpc) is 2.84. The minimum Gasteiger partial charge on any atom is -0.461 e. The maximum Gasteiger partial charge on any atom is 0.355 e. The summed E-state index contributed by atoms with van der Waals surface area (Å²) >= 11 is 0. The highest BCUT2D eigenvalue weighted by Crippen LogP contribution is 2.36. The van der Waals surface area contributed by atoms with Crippen molar-refractivity contribution in [2.45, 2.75) is 13.0 Å². The van der Waals surface area contributed by atoms with Crippen LogP contribution in [0.25, 0.3) is 0 Å². The molecular formula is C26H22N2O4. The molecule has 2 amide bonds. The van der Waals surface area contributed by atoms with Crippen molar-refractivity contribution in [2.75, 3.05) is 11.5 Å². The van der Waals surface area contributed by atoms with E-state index in [0.29, 0.717) is 16.8 Å². The van der Waals surface area contributed by atoms with Gasteiger partial charge in [0.05, 0.1) is 23.9 Å². The molecule has 0 aliphatic carbocycles. The summed E-state index contributed by atoms with van der Waals surface area (Å²) in [5.41, 5.74) is 1.63. The molecular weight excluding hydrogens is 404 g/mol. The Bertz CT molecular complexity index is 1160. The Morgan fingerprint density at radius 1 is 0.875 bits per heavy atom. The van der Waals surface area contributed by atoms with Gasteiger partial charge in [-0.2, -0.15) is 0 Å². The van der Waals surface area contributed by atoms with Crippen molar-refractivity contribution in [3.8, 4) is 0 Å². The molecule has 6 heteroatoms. The van der Waals surface area contributed by atoms with Crippen LogP contribution in [0.2, 0.25) is 0 Å². The Morgan fingerprint density at radius 3 is 2.03 bits per heavy atom. The number of nitrogens with zero attached hydrogens (tertiary/aromatic N) is 1. The van der Waals surface area contributed by atoms with E-state index in [1.165, 1.54) is 4.90 Å². The highest BCUT2D eigenvalue weighted by molar-refractivity contribution is 6.19. The number of carbonyl (C=O) groups is 3. The summed E-state index contributed by atoms with van der Waals surface area (Å²) in [7, 11) is 0. The Labute approximate surface area is 186 Å². The molecule has 1 unspecified atom stereocenters. The van der Waals surface area contributed by atoms with Gasteiger partial charge >= 0.3 is 12.0 Å². The van der Waals surface area contributed by atoms with Crippen LogP contribution in [0.5, 0.6) is 0 Å². The number of nitrogens with one attached hydrogen (secondary N) is 1. The molecule has 1 atom stereocenters. The topological polar surface area (TPSA) is 75.7 Å².